The van der Waals surface area contributed by atoms with E-state index in [1.54, 1.807) is 42.5 Å². The van der Waals surface area contributed by atoms with Crippen molar-refractivity contribution in [3.63, 3.8) is 0 Å². The molecule has 3 aromatic carbocycles. The molecule has 0 radical (unpaired) electrons. The largest absolute Gasteiger partial charge is 0.504 e. The Morgan fingerprint density at radius 1 is 0.889 bits per heavy atom. The summed E-state index contributed by atoms with van der Waals surface area (Å²) in [4.78, 5) is 25.8. The number of carbonyl (C=O) groups is 1. The minimum atomic E-state index is -1.03. The molecule has 1 N–H and O–H groups in total. The molecule has 188 valence electrons. The Kier molecular flexibility index (Phi) is 6.73. The van der Waals surface area contributed by atoms with Crippen LogP contribution in [0.4, 0.5) is 11.4 Å². The van der Waals surface area contributed by atoms with Gasteiger partial charge in [0.15, 0.2) is 17.2 Å². The maximum Gasteiger partial charge on any atom is 0.315 e. The number of phenolic OH excluding ortho intramolecular Hbond substituents is 1. The number of amides is 1. The van der Waals surface area contributed by atoms with Crippen LogP contribution in [-0.2, 0) is 4.79 Å². The number of nitro groups is 1. The number of para-hydroxylation sites is 1. The third-order valence-electron chi connectivity index (χ3n) is 5.79. The summed E-state index contributed by atoms with van der Waals surface area (Å²) in [5.41, 5.74) is 0.204. The van der Waals surface area contributed by atoms with Gasteiger partial charge < -0.3 is 28.8 Å². The average molecular weight is 496 g/mol. The van der Waals surface area contributed by atoms with Crippen LogP contribution < -0.4 is 28.6 Å². The summed E-state index contributed by atoms with van der Waals surface area (Å²) in [6.07, 6.45) is -1.03. The number of ether oxygens (including phenoxy) is 5. The fourth-order valence-corrected chi connectivity index (χ4v) is 4.18. The van der Waals surface area contributed by atoms with Crippen molar-refractivity contribution in [2.45, 2.75) is 12.1 Å². The van der Waals surface area contributed by atoms with Crippen LogP contribution in [0.3, 0.4) is 0 Å². The lowest BCUT2D eigenvalue weighted by Crippen LogP contribution is -2.61. The number of rotatable bonds is 9. The lowest BCUT2D eigenvalue weighted by atomic mass is 9.88. The zero-order valence-corrected chi connectivity index (χ0v) is 20.0. The molecule has 36 heavy (non-hydrogen) atoms. The first-order valence-electron chi connectivity index (χ1n) is 10.7. The molecule has 3 aromatic rings. The molecule has 0 aliphatic carbocycles. The number of benzene rings is 3. The smallest absolute Gasteiger partial charge is 0.315 e. The van der Waals surface area contributed by atoms with E-state index in [-0.39, 0.29) is 11.3 Å². The van der Waals surface area contributed by atoms with E-state index in [2.05, 4.69) is 0 Å². The predicted octanol–water partition coefficient (Wildman–Crippen LogP) is 3.87. The molecule has 0 bridgehead atoms. The molecule has 1 aliphatic heterocycles. The average Bonchev–Trinajstić information content (AvgIpc) is 2.89. The van der Waals surface area contributed by atoms with Crippen LogP contribution in [0, 0.1) is 10.1 Å². The van der Waals surface area contributed by atoms with E-state index >= 15 is 0 Å². The number of aromatic hydroxyl groups is 1. The third-order valence-corrected chi connectivity index (χ3v) is 5.79. The molecule has 11 heteroatoms. The minimum Gasteiger partial charge on any atom is -0.504 e. The maximum atomic E-state index is 13.4. The van der Waals surface area contributed by atoms with Crippen molar-refractivity contribution in [2.75, 3.05) is 33.3 Å². The lowest BCUT2D eigenvalue weighted by molar-refractivity contribution is -0.385. The summed E-state index contributed by atoms with van der Waals surface area (Å²) in [7, 11) is 5.57. The van der Waals surface area contributed by atoms with Gasteiger partial charge in [-0.1, -0.05) is 18.2 Å². The molecule has 0 unspecified atom stereocenters. The number of carbonyl (C=O) groups excluding carboxylic acids is 1. The van der Waals surface area contributed by atoms with Gasteiger partial charge in [0.05, 0.1) is 39.0 Å². The van der Waals surface area contributed by atoms with Gasteiger partial charge in [-0.25, -0.2) is 0 Å². The normalized spacial score (nSPS) is 16.7. The lowest BCUT2D eigenvalue weighted by Gasteiger charge is -2.46. The summed E-state index contributed by atoms with van der Waals surface area (Å²) in [6.45, 7) is 0. The van der Waals surface area contributed by atoms with Crippen molar-refractivity contribution >= 4 is 17.3 Å². The monoisotopic (exact) mass is 496 g/mol. The number of hydrogen-bond acceptors (Lipinski definition) is 9. The molecular formula is C25H24N2O9. The van der Waals surface area contributed by atoms with Gasteiger partial charge in [-0.3, -0.25) is 19.8 Å². The second-order valence-electron chi connectivity index (χ2n) is 7.74. The highest BCUT2D eigenvalue weighted by Crippen LogP contribution is 2.49. The number of methoxy groups -OCH3 is 4. The number of anilines is 1. The number of phenols is 1. The zero-order chi connectivity index (χ0) is 26.0. The highest BCUT2D eigenvalue weighted by Gasteiger charge is 2.52. The summed E-state index contributed by atoms with van der Waals surface area (Å²) in [6, 6.07) is 13.6. The molecule has 1 heterocycles. The molecule has 2 atom stereocenters. The van der Waals surface area contributed by atoms with Crippen LogP contribution >= 0.6 is 0 Å². The van der Waals surface area contributed by atoms with Gasteiger partial charge in [-0.15, -0.1) is 0 Å². The minimum absolute atomic E-state index is 0.272. The number of nitrogens with zero attached hydrogens (tertiary/aromatic N) is 2. The van der Waals surface area contributed by atoms with Crippen molar-refractivity contribution < 1.29 is 38.5 Å². The van der Waals surface area contributed by atoms with Crippen molar-refractivity contribution in [3.8, 4) is 34.5 Å². The second-order valence-corrected chi connectivity index (χ2v) is 7.74. The van der Waals surface area contributed by atoms with Crippen LogP contribution in [0.2, 0.25) is 0 Å². The molecule has 0 aromatic heterocycles. The first-order chi connectivity index (χ1) is 17.3. The van der Waals surface area contributed by atoms with E-state index in [9.17, 15) is 20.0 Å². The van der Waals surface area contributed by atoms with Crippen LogP contribution in [0.1, 0.15) is 11.6 Å². The molecule has 4 rings (SSSR count). The van der Waals surface area contributed by atoms with Gasteiger partial charge >= 0.3 is 5.69 Å². The Morgan fingerprint density at radius 2 is 1.50 bits per heavy atom. The van der Waals surface area contributed by atoms with Crippen LogP contribution in [0.15, 0.2) is 54.6 Å². The Morgan fingerprint density at radius 3 is 2.03 bits per heavy atom. The van der Waals surface area contributed by atoms with E-state index in [1.807, 2.05) is 0 Å². The van der Waals surface area contributed by atoms with Gasteiger partial charge in [0.1, 0.15) is 11.8 Å². The van der Waals surface area contributed by atoms with Gasteiger partial charge in [0.25, 0.3) is 5.91 Å². The zero-order valence-electron chi connectivity index (χ0n) is 20.0. The highest BCUT2D eigenvalue weighted by atomic mass is 16.6. The SMILES string of the molecule is COc1cc(N2C(=O)[C@@H](Oc3ccccc3)[C@H]2c2cc(O)c(OC)c([N+](=O)[O-])c2)cc(OC)c1OC. The Bertz CT molecular complexity index is 1270. The molecule has 1 aliphatic rings. The van der Waals surface area contributed by atoms with E-state index in [0.717, 1.165) is 0 Å². The van der Waals surface area contributed by atoms with Gasteiger partial charge in [0.2, 0.25) is 17.6 Å². The highest BCUT2D eigenvalue weighted by molar-refractivity contribution is 6.06. The summed E-state index contributed by atoms with van der Waals surface area (Å²) < 4.78 is 27.2. The molecular weight excluding hydrogens is 472 g/mol. The molecule has 1 saturated heterocycles. The summed E-state index contributed by atoms with van der Waals surface area (Å²) in [5, 5.41) is 22.2. The topological polar surface area (TPSA) is 130 Å². The molecule has 0 spiro atoms. The fourth-order valence-electron chi connectivity index (χ4n) is 4.18. The van der Waals surface area contributed by atoms with Gasteiger partial charge in [-0.05, 0) is 23.8 Å². The summed E-state index contributed by atoms with van der Waals surface area (Å²) in [5.74, 6) is 0.277. The Balaban J connectivity index is 1.86. The third kappa shape index (κ3) is 4.15. The Labute approximate surface area is 206 Å². The fraction of sp³-hybridized carbons (Fsp3) is 0.240. The summed E-state index contributed by atoms with van der Waals surface area (Å²) >= 11 is 0. The van der Waals surface area contributed by atoms with E-state index in [0.29, 0.717) is 28.7 Å². The maximum absolute atomic E-state index is 13.4. The quantitative estimate of drug-likeness (QED) is 0.266. The predicted molar refractivity (Wildman–Crippen MR) is 128 cm³/mol. The Hall–Kier alpha value is -4.67. The van der Waals surface area contributed by atoms with Crippen molar-refractivity contribution in [3.05, 3.63) is 70.3 Å². The number of hydrogen-bond donors (Lipinski definition) is 1. The second kappa shape index (κ2) is 9.90. The van der Waals surface area contributed by atoms with Crippen molar-refractivity contribution in [1.82, 2.24) is 0 Å². The first kappa shape index (κ1) is 24.5. The van der Waals surface area contributed by atoms with Crippen molar-refractivity contribution in [1.29, 1.82) is 0 Å². The van der Waals surface area contributed by atoms with E-state index < -0.39 is 34.4 Å². The van der Waals surface area contributed by atoms with Crippen LogP contribution in [0.25, 0.3) is 0 Å². The number of β-lactam (4-membered cyclic amide) rings is 1. The van der Waals surface area contributed by atoms with Crippen molar-refractivity contribution in [2.24, 2.45) is 0 Å². The molecule has 1 fully saturated rings. The molecule has 0 saturated carbocycles. The van der Waals surface area contributed by atoms with Crippen LogP contribution in [0.5, 0.6) is 34.5 Å². The van der Waals surface area contributed by atoms with Gasteiger partial charge in [-0.2, -0.15) is 0 Å². The van der Waals surface area contributed by atoms with E-state index in [4.69, 9.17) is 23.7 Å². The van der Waals surface area contributed by atoms with E-state index in [1.165, 1.54) is 45.5 Å². The first-order valence-corrected chi connectivity index (χ1v) is 10.7. The number of nitro benzene ring substituents is 1. The standard InChI is InChI=1S/C25H24N2O9/c1-32-19-12-15(13-20(33-2)23(19)35-4)26-21(24(25(26)29)36-16-8-6-5-7-9-16)14-10-17(27(30)31)22(34-3)18(28)11-14/h5-13,21,24,28H,1-4H3/t21-,24+/m1/s1. The molecule has 11 nitrogen and oxygen atoms in total. The van der Waals surface area contributed by atoms with Gasteiger partial charge in [0, 0.05) is 18.2 Å². The van der Waals surface area contributed by atoms with Crippen LogP contribution in [-0.4, -0.2) is 50.5 Å². The molecule has 1 amide bonds.